The van der Waals surface area contributed by atoms with E-state index in [1.165, 1.54) is 6.20 Å². The first-order chi connectivity index (χ1) is 8.90. The zero-order chi connectivity index (χ0) is 14.0. The van der Waals surface area contributed by atoms with Crippen LogP contribution in [0.1, 0.15) is 11.3 Å². The van der Waals surface area contributed by atoms with Crippen LogP contribution in [0.15, 0.2) is 26.9 Å². The predicted octanol–water partition coefficient (Wildman–Crippen LogP) is -1.43. The van der Waals surface area contributed by atoms with Gasteiger partial charge in [-0.3, -0.25) is 14.9 Å². The average molecular weight is 285 g/mol. The van der Waals surface area contributed by atoms with Crippen molar-refractivity contribution < 1.29 is 8.42 Å². The molecule has 0 atom stereocenters. The first kappa shape index (κ1) is 13.2. The molecule has 0 saturated carbocycles. The van der Waals surface area contributed by atoms with Crippen molar-refractivity contribution in [2.24, 2.45) is 0 Å². The van der Waals surface area contributed by atoms with Crippen molar-refractivity contribution in [3.05, 3.63) is 44.5 Å². The van der Waals surface area contributed by atoms with Gasteiger partial charge in [-0.1, -0.05) is 0 Å². The summed E-state index contributed by atoms with van der Waals surface area (Å²) in [4.78, 5) is 25.6. The summed E-state index contributed by atoms with van der Waals surface area (Å²) >= 11 is 0. The number of hydrogen-bond acceptors (Lipinski definition) is 5. The van der Waals surface area contributed by atoms with Gasteiger partial charge in [0.2, 0.25) is 10.0 Å². The Balaban J connectivity index is 2.26. The topological polar surface area (TPSA) is 141 Å². The number of H-pyrrole nitrogens is 3. The molecule has 19 heavy (non-hydrogen) atoms. The van der Waals surface area contributed by atoms with Crippen molar-refractivity contribution in [2.75, 3.05) is 0 Å². The standard InChI is InChI=1S/C9H11N5O4S/c1-5-6(2-11-14-5)3-12-19(17,18)7-4-10-9(16)13-8(7)15/h2,4,12H,3H2,1H3,(H,11,14)(H2,10,13,15,16). The summed E-state index contributed by atoms with van der Waals surface area (Å²) in [5, 5.41) is 6.41. The van der Waals surface area contributed by atoms with Gasteiger partial charge < -0.3 is 4.98 Å². The van der Waals surface area contributed by atoms with Crippen molar-refractivity contribution in [3.63, 3.8) is 0 Å². The molecule has 0 unspecified atom stereocenters. The van der Waals surface area contributed by atoms with Gasteiger partial charge >= 0.3 is 5.69 Å². The Morgan fingerprint density at radius 2 is 2.11 bits per heavy atom. The Morgan fingerprint density at radius 1 is 1.37 bits per heavy atom. The van der Waals surface area contributed by atoms with E-state index in [0.717, 1.165) is 11.9 Å². The highest BCUT2D eigenvalue weighted by molar-refractivity contribution is 7.89. The van der Waals surface area contributed by atoms with Crippen molar-refractivity contribution >= 4 is 10.0 Å². The molecule has 2 aromatic rings. The lowest BCUT2D eigenvalue weighted by atomic mass is 10.3. The maximum absolute atomic E-state index is 11.9. The summed E-state index contributed by atoms with van der Waals surface area (Å²) in [5.74, 6) is 0. The van der Waals surface area contributed by atoms with E-state index in [9.17, 15) is 18.0 Å². The molecule has 0 fully saturated rings. The van der Waals surface area contributed by atoms with Gasteiger partial charge in [0, 0.05) is 24.0 Å². The van der Waals surface area contributed by atoms with Gasteiger partial charge in [-0.25, -0.2) is 17.9 Å². The molecule has 10 heteroatoms. The second-order valence-corrected chi connectivity index (χ2v) is 5.52. The fourth-order valence-corrected chi connectivity index (χ4v) is 2.41. The van der Waals surface area contributed by atoms with Crippen LogP contribution in [-0.4, -0.2) is 28.6 Å². The third-order valence-corrected chi connectivity index (χ3v) is 3.87. The smallest absolute Gasteiger partial charge is 0.313 e. The first-order valence-electron chi connectivity index (χ1n) is 5.20. The molecule has 4 N–H and O–H groups in total. The van der Waals surface area contributed by atoms with Crippen LogP contribution in [0.5, 0.6) is 0 Å². The molecule has 0 amide bonds. The minimum absolute atomic E-state index is 0.0107. The second-order valence-electron chi connectivity index (χ2n) is 3.78. The zero-order valence-corrected chi connectivity index (χ0v) is 10.7. The second kappa shape index (κ2) is 4.82. The summed E-state index contributed by atoms with van der Waals surface area (Å²) in [7, 11) is -4.01. The Kier molecular flexibility index (Phi) is 3.36. The highest BCUT2D eigenvalue weighted by Crippen LogP contribution is 2.04. The predicted molar refractivity (Wildman–Crippen MR) is 65.0 cm³/mol. The monoisotopic (exact) mass is 285 g/mol. The highest BCUT2D eigenvalue weighted by Gasteiger charge is 2.18. The zero-order valence-electron chi connectivity index (χ0n) is 9.85. The van der Waals surface area contributed by atoms with Crippen LogP contribution >= 0.6 is 0 Å². The maximum Gasteiger partial charge on any atom is 0.325 e. The summed E-state index contributed by atoms with van der Waals surface area (Å²) in [5.41, 5.74) is -0.364. The molecular formula is C9H11N5O4S. The summed E-state index contributed by atoms with van der Waals surface area (Å²) in [6, 6.07) is 0. The van der Waals surface area contributed by atoms with Crippen molar-refractivity contribution in [3.8, 4) is 0 Å². The maximum atomic E-state index is 11.9. The van der Waals surface area contributed by atoms with Crippen LogP contribution in [0.25, 0.3) is 0 Å². The number of hydrogen-bond donors (Lipinski definition) is 4. The van der Waals surface area contributed by atoms with E-state index in [2.05, 4.69) is 19.9 Å². The first-order valence-corrected chi connectivity index (χ1v) is 6.69. The lowest BCUT2D eigenvalue weighted by molar-refractivity contribution is 0.579. The number of aromatic nitrogens is 4. The Hall–Kier alpha value is -2.20. The lowest BCUT2D eigenvalue weighted by Crippen LogP contribution is -2.32. The highest BCUT2D eigenvalue weighted by atomic mass is 32.2. The minimum Gasteiger partial charge on any atom is -0.313 e. The molecule has 0 radical (unpaired) electrons. The van der Waals surface area contributed by atoms with E-state index >= 15 is 0 Å². The van der Waals surface area contributed by atoms with Gasteiger partial charge in [0.25, 0.3) is 5.56 Å². The molecule has 0 bridgehead atoms. The van der Waals surface area contributed by atoms with Crippen molar-refractivity contribution in [1.29, 1.82) is 0 Å². The molecular weight excluding hydrogens is 274 g/mol. The summed E-state index contributed by atoms with van der Waals surface area (Å²) < 4.78 is 26.0. The molecule has 0 aliphatic rings. The number of sulfonamides is 1. The third kappa shape index (κ3) is 2.80. The average Bonchev–Trinajstić information content (AvgIpc) is 2.72. The molecule has 0 spiro atoms. The number of aromatic amines is 3. The summed E-state index contributed by atoms with van der Waals surface area (Å²) in [6.45, 7) is 1.73. The van der Waals surface area contributed by atoms with E-state index in [1.807, 2.05) is 4.98 Å². The van der Waals surface area contributed by atoms with Gasteiger partial charge in [0.1, 0.15) is 0 Å². The van der Waals surface area contributed by atoms with Gasteiger partial charge in [-0.05, 0) is 6.92 Å². The minimum atomic E-state index is -4.01. The molecule has 0 saturated heterocycles. The van der Waals surface area contributed by atoms with Gasteiger partial charge in [-0.15, -0.1) is 0 Å². The van der Waals surface area contributed by atoms with E-state index < -0.39 is 26.2 Å². The summed E-state index contributed by atoms with van der Waals surface area (Å²) in [6.07, 6.45) is 2.33. The quantitative estimate of drug-likeness (QED) is 0.545. The van der Waals surface area contributed by atoms with Crippen LogP contribution < -0.4 is 16.0 Å². The molecule has 102 valence electrons. The normalized spacial score (nSPS) is 11.6. The van der Waals surface area contributed by atoms with Gasteiger partial charge in [0.05, 0.1) is 6.20 Å². The SMILES string of the molecule is Cc1[nH]ncc1CNS(=O)(=O)c1c[nH]c(=O)[nH]c1=O. The van der Waals surface area contributed by atoms with Crippen LogP contribution in [0, 0.1) is 6.92 Å². The van der Waals surface area contributed by atoms with E-state index in [0.29, 0.717) is 5.56 Å². The van der Waals surface area contributed by atoms with E-state index in [4.69, 9.17) is 0 Å². The van der Waals surface area contributed by atoms with Gasteiger partial charge in [0.15, 0.2) is 4.90 Å². The van der Waals surface area contributed by atoms with E-state index in [1.54, 1.807) is 6.92 Å². The van der Waals surface area contributed by atoms with Gasteiger partial charge in [-0.2, -0.15) is 5.10 Å². The lowest BCUT2D eigenvalue weighted by Gasteiger charge is -2.04. The van der Waals surface area contributed by atoms with E-state index in [-0.39, 0.29) is 6.54 Å². The number of nitrogens with zero attached hydrogens (tertiary/aromatic N) is 1. The number of nitrogens with one attached hydrogen (secondary N) is 4. The molecule has 0 aliphatic heterocycles. The Labute approximate surface area is 107 Å². The number of rotatable bonds is 4. The molecule has 9 nitrogen and oxygen atoms in total. The van der Waals surface area contributed by atoms with Crippen LogP contribution in [0.4, 0.5) is 0 Å². The largest absolute Gasteiger partial charge is 0.325 e. The van der Waals surface area contributed by atoms with Crippen LogP contribution in [-0.2, 0) is 16.6 Å². The Morgan fingerprint density at radius 3 is 2.68 bits per heavy atom. The van der Waals surface area contributed by atoms with Crippen molar-refractivity contribution in [2.45, 2.75) is 18.4 Å². The fourth-order valence-electron chi connectivity index (χ4n) is 1.40. The fraction of sp³-hybridized carbons (Fsp3) is 0.222. The van der Waals surface area contributed by atoms with Crippen LogP contribution in [0.3, 0.4) is 0 Å². The number of aryl methyl sites for hydroxylation is 1. The van der Waals surface area contributed by atoms with Crippen LogP contribution in [0.2, 0.25) is 0 Å². The molecule has 2 rings (SSSR count). The van der Waals surface area contributed by atoms with Crippen molar-refractivity contribution in [1.82, 2.24) is 24.9 Å². The molecule has 2 heterocycles. The molecule has 0 aromatic carbocycles. The molecule has 0 aliphatic carbocycles. The Bertz CT molecular complexity index is 800. The molecule has 2 aromatic heterocycles. The third-order valence-electron chi connectivity index (χ3n) is 2.46.